The highest BCUT2D eigenvalue weighted by Crippen LogP contribution is 2.55. The van der Waals surface area contributed by atoms with E-state index in [1.165, 1.54) is 10.9 Å². The molecule has 1 aromatic carbocycles. The van der Waals surface area contributed by atoms with Crippen molar-refractivity contribution in [3.63, 3.8) is 0 Å². The van der Waals surface area contributed by atoms with E-state index in [0.29, 0.717) is 5.56 Å². The van der Waals surface area contributed by atoms with Gasteiger partial charge in [-0.25, -0.2) is 24.3 Å². The van der Waals surface area contributed by atoms with Gasteiger partial charge in [0.25, 0.3) is 11.5 Å². The molecule has 24 nitrogen and oxygen atoms in total. The quantitative estimate of drug-likeness (QED) is 0.139. The summed E-state index contributed by atoms with van der Waals surface area (Å²) >= 11 is 5.75. The van der Waals surface area contributed by atoms with Crippen molar-refractivity contribution in [2.45, 2.75) is 69.7 Å². The van der Waals surface area contributed by atoms with Crippen molar-refractivity contribution < 1.29 is 55.9 Å². The number of nitrogens with one attached hydrogen (secondary N) is 4. The zero-order valence-electron chi connectivity index (χ0n) is 34.8. The number of aromatic nitrogens is 10. The molecule has 3 fully saturated rings. The van der Waals surface area contributed by atoms with Gasteiger partial charge in [-0.1, -0.05) is 43.3 Å². The van der Waals surface area contributed by atoms with Gasteiger partial charge in [0, 0.05) is 30.0 Å². The molecule has 0 saturated carbocycles. The van der Waals surface area contributed by atoms with Crippen molar-refractivity contribution in [2.75, 3.05) is 30.5 Å². The Balaban J connectivity index is 0.000000914. The monoisotopic (exact) mass is 967 g/mol. The van der Waals surface area contributed by atoms with Crippen LogP contribution in [0.2, 0.25) is 0 Å². The van der Waals surface area contributed by atoms with Gasteiger partial charge in [0.15, 0.2) is 59.2 Å². The Bertz CT molecular complexity index is 2780. The lowest BCUT2D eigenvalue weighted by Crippen LogP contribution is -2.34. The third-order valence-electron chi connectivity index (χ3n) is 9.96. The molecule has 0 spiro atoms. The second-order valence-electron chi connectivity index (χ2n) is 14.8. The number of imidazole rings is 1. The van der Waals surface area contributed by atoms with Crippen molar-refractivity contribution in [2.24, 2.45) is 5.92 Å². The van der Waals surface area contributed by atoms with Crippen LogP contribution in [0.5, 0.6) is 0 Å². The number of fused-ring (bicyclic) bond motifs is 5. The van der Waals surface area contributed by atoms with E-state index in [1.807, 2.05) is 36.7 Å². The van der Waals surface area contributed by atoms with E-state index in [9.17, 15) is 24.5 Å². The van der Waals surface area contributed by atoms with Gasteiger partial charge in [-0.2, -0.15) is 14.9 Å². The van der Waals surface area contributed by atoms with Crippen LogP contribution in [0.4, 0.5) is 16.2 Å². The van der Waals surface area contributed by atoms with E-state index in [1.54, 1.807) is 44.2 Å². The molecule has 66 heavy (non-hydrogen) atoms. The van der Waals surface area contributed by atoms with Crippen molar-refractivity contribution in [1.29, 1.82) is 5.26 Å². The molecule has 2 bridgehead atoms. The van der Waals surface area contributed by atoms with Crippen molar-refractivity contribution >= 4 is 73.0 Å². The van der Waals surface area contributed by atoms with Gasteiger partial charge in [-0.15, -0.1) is 5.10 Å². The predicted molar refractivity (Wildman–Crippen MR) is 228 cm³/mol. The summed E-state index contributed by atoms with van der Waals surface area (Å²) in [6, 6.07) is 16.2. The van der Waals surface area contributed by atoms with Gasteiger partial charge in [-0.3, -0.25) is 33.8 Å². The zero-order valence-corrected chi connectivity index (χ0v) is 37.4. The highest BCUT2D eigenvalue weighted by molar-refractivity contribution is 8.07. The summed E-state index contributed by atoms with van der Waals surface area (Å²) in [5, 5.41) is 22.6. The first-order chi connectivity index (χ1) is 31.9. The number of H-pyrrole nitrogens is 2. The standard InChI is InChI=1S/C33H34FN12O11P2S.C5H5N/c1-16(2)28(47)41-33-40-27-23(30(49)42-33)38-15-45(27)31-19-11-18(54-31)12-53-59(60,52-10-6-9-35)57-24-20(13-51-58(50)56-19)55-32(21(24)34)46-26-22(43-44-46)25(36-14-37-26)39-29(48)17-7-4-3-5-8-17;1-2-4-6-5-3-1/h3-5,7-8,14-16,18-21,24,31-32H,6,10-13H2,1-2H3,(H,36,37,39,48)(H2,40,41,42,47,49);1-5H/q-1;/p+1/t18-,19-,20+,21-,24+,31+,32+,58?,59?;/m0./s1. The first kappa shape index (κ1) is 46.8. The minimum absolute atomic E-state index is 0.000603. The van der Waals surface area contributed by atoms with Gasteiger partial charge in [0.1, 0.15) is 24.6 Å². The summed E-state index contributed by atoms with van der Waals surface area (Å²) in [5.41, 5.74) is -0.348. The molecule has 3 saturated heterocycles. The van der Waals surface area contributed by atoms with Gasteiger partial charge in [0.2, 0.25) is 11.9 Å². The Labute approximate surface area is 379 Å². The number of nitriles is 1. The number of rotatable bonds is 9. The Morgan fingerprint density at radius 3 is 2.59 bits per heavy atom. The Morgan fingerprint density at radius 1 is 1.08 bits per heavy atom. The molecule has 3 aliphatic heterocycles. The summed E-state index contributed by atoms with van der Waals surface area (Å²) in [5.74, 6) is -1.44. The van der Waals surface area contributed by atoms with Crippen molar-refractivity contribution in [1.82, 2.24) is 44.5 Å². The number of carbonyl (C=O) groups excluding carboxylic acids is 2. The lowest BCUT2D eigenvalue weighted by molar-refractivity contribution is -0.378. The number of pyridine rings is 1. The lowest BCUT2D eigenvalue weighted by Gasteiger charge is -2.31. The van der Waals surface area contributed by atoms with Crippen LogP contribution in [-0.4, -0.2) is 107 Å². The lowest BCUT2D eigenvalue weighted by atomic mass is 10.1. The number of alkyl halides is 1. The molecular formula is C38H40FN13O11P2S. The second kappa shape index (κ2) is 20.9. The van der Waals surface area contributed by atoms with Gasteiger partial charge < -0.3 is 37.8 Å². The first-order valence-corrected chi connectivity index (χ1v) is 23.8. The maximum atomic E-state index is 16.7. The third kappa shape index (κ3) is 10.6. The van der Waals surface area contributed by atoms with E-state index in [0.717, 1.165) is 11.0 Å². The summed E-state index contributed by atoms with van der Waals surface area (Å²) in [6.45, 7) is -1.72. The highest BCUT2D eigenvalue weighted by atomic mass is 32.5. The van der Waals surface area contributed by atoms with Crippen LogP contribution in [0.25, 0.3) is 22.3 Å². The maximum Gasteiger partial charge on any atom is 0.327 e. The third-order valence-corrected chi connectivity index (χ3v) is 13.1. The van der Waals surface area contributed by atoms with Crippen LogP contribution in [-0.2, 0) is 48.7 Å². The van der Waals surface area contributed by atoms with Crippen LogP contribution >= 0.6 is 15.3 Å². The second-order valence-corrected chi connectivity index (χ2v) is 18.7. The molecule has 2 unspecified atom stereocenters. The highest BCUT2D eigenvalue weighted by Gasteiger charge is 2.52. The molecule has 4 N–H and O–H groups in total. The molecule has 9 rings (SSSR count). The molecule has 0 aliphatic carbocycles. The van der Waals surface area contributed by atoms with E-state index < -0.39 is 88.3 Å². The average molecular weight is 968 g/mol. The number of halogens is 1. The number of amides is 2. The van der Waals surface area contributed by atoms with E-state index >= 15 is 4.39 Å². The van der Waals surface area contributed by atoms with E-state index in [4.69, 9.17) is 43.9 Å². The number of hydrogen-bond donors (Lipinski definition) is 3. The first-order valence-electron chi connectivity index (χ1n) is 20.2. The van der Waals surface area contributed by atoms with Crippen LogP contribution in [0.3, 0.4) is 0 Å². The smallest absolute Gasteiger partial charge is 0.327 e. The van der Waals surface area contributed by atoms with Crippen molar-refractivity contribution in [3.8, 4) is 6.07 Å². The molecule has 346 valence electrons. The number of aromatic amines is 2. The van der Waals surface area contributed by atoms with E-state index in [2.05, 4.69) is 50.8 Å². The minimum Gasteiger partial charge on any atom is -0.786 e. The molecule has 28 heteroatoms. The fourth-order valence-electron chi connectivity index (χ4n) is 6.79. The Kier molecular flexibility index (Phi) is 14.8. The summed E-state index contributed by atoms with van der Waals surface area (Å²) in [7, 11) is -2.97. The van der Waals surface area contributed by atoms with Crippen LogP contribution in [0, 0.1) is 17.2 Å². The number of ether oxygens (including phenoxy) is 2. The SMILES string of the molecule is CC(C)C(=O)Nc1nc2c(ncn2[C@@H]2O[C@@H]3COP(=S)(OCCC#N)O[C@H]4[C@H](F)[C@H](n5nnc6c(NC(=O)c7ccccc7)ncnc65)O[C@@H]4COP([O-])O[C@H]2C3)c(=O)[nH]1.c1cc[nH+]cc1. The van der Waals surface area contributed by atoms with Crippen LogP contribution in [0.15, 0.2) is 78.4 Å². The topological polar surface area (TPSA) is 304 Å². The largest absolute Gasteiger partial charge is 0.786 e. The molecular weight excluding hydrogens is 928 g/mol. The molecule has 0 radical (unpaired) electrons. The number of carbonyl (C=O) groups is 2. The van der Waals surface area contributed by atoms with Gasteiger partial charge in [0.05, 0.1) is 53.3 Å². The summed E-state index contributed by atoms with van der Waals surface area (Å²) in [4.78, 5) is 73.9. The number of anilines is 2. The summed E-state index contributed by atoms with van der Waals surface area (Å²) < 4.78 is 61.0. The average Bonchev–Trinajstić information content (AvgIpc) is 4.11. The summed E-state index contributed by atoms with van der Waals surface area (Å²) in [6.07, 6.45) is -3.49. The molecule has 9 atom stereocenters. The fourth-order valence-corrected chi connectivity index (χ4v) is 9.64. The Morgan fingerprint density at radius 2 is 1.86 bits per heavy atom. The normalized spacial score (nSPS) is 26.5. The van der Waals surface area contributed by atoms with Crippen LogP contribution in [0.1, 0.15) is 49.5 Å². The zero-order chi connectivity index (χ0) is 46.4. The minimum atomic E-state index is -3.94. The van der Waals surface area contributed by atoms with Crippen LogP contribution < -0.4 is 26.1 Å². The fraction of sp³-hybridized carbons (Fsp3) is 0.395. The van der Waals surface area contributed by atoms with Crippen molar-refractivity contribution in [3.05, 3.63) is 89.5 Å². The van der Waals surface area contributed by atoms with Gasteiger partial charge >= 0.3 is 6.72 Å². The number of benzene rings is 1. The van der Waals surface area contributed by atoms with E-state index in [-0.39, 0.29) is 60.1 Å². The predicted octanol–water partition coefficient (Wildman–Crippen LogP) is 2.78. The Hall–Kier alpha value is -5.68. The maximum absolute atomic E-state index is 16.7. The van der Waals surface area contributed by atoms with Gasteiger partial charge in [-0.05, 0) is 23.9 Å². The molecule has 6 aromatic rings. The molecule has 5 aromatic heterocycles. The molecule has 8 heterocycles. The number of hydrogen-bond acceptors (Lipinski definition) is 19. The number of nitrogens with zero attached hydrogens (tertiary/aromatic N) is 9. The molecule has 2 amide bonds. The molecule has 3 aliphatic rings.